The first-order valence-corrected chi connectivity index (χ1v) is 7.54. The summed E-state index contributed by atoms with van der Waals surface area (Å²) in [5, 5.41) is 2.66. The highest BCUT2D eigenvalue weighted by Crippen LogP contribution is 2.13. The zero-order chi connectivity index (χ0) is 15.5. The van der Waals surface area contributed by atoms with Crippen LogP contribution >= 0.6 is 0 Å². The Balaban J connectivity index is 2.31. The maximum Gasteiger partial charge on any atom is 0.233 e. The predicted molar refractivity (Wildman–Crippen MR) is 85.2 cm³/mol. The summed E-state index contributed by atoms with van der Waals surface area (Å²) in [5.41, 5.74) is 6.68. The van der Waals surface area contributed by atoms with Crippen LogP contribution in [0.5, 0.6) is 5.75 Å². The molecule has 0 atom stereocenters. The molecule has 118 valence electrons. The Kier molecular flexibility index (Phi) is 8.47. The molecule has 1 amide bonds. The van der Waals surface area contributed by atoms with Crippen molar-refractivity contribution in [1.82, 2.24) is 10.2 Å². The maximum absolute atomic E-state index is 11.4. The predicted octanol–water partition coefficient (Wildman–Crippen LogP) is 1.37. The van der Waals surface area contributed by atoms with Gasteiger partial charge in [0.2, 0.25) is 5.91 Å². The quantitative estimate of drug-likeness (QED) is 0.639. The third-order valence-electron chi connectivity index (χ3n) is 3.21. The van der Waals surface area contributed by atoms with Gasteiger partial charge in [-0.3, -0.25) is 9.69 Å². The van der Waals surface area contributed by atoms with Crippen LogP contribution in [0.25, 0.3) is 0 Å². The molecule has 0 unspecified atom stereocenters. The fraction of sp³-hybridized carbons (Fsp3) is 0.562. The number of carbonyl (C=O) groups excluding carboxylic acids is 1. The molecule has 0 saturated heterocycles. The van der Waals surface area contributed by atoms with Crippen molar-refractivity contribution >= 4 is 5.91 Å². The van der Waals surface area contributed by atoms with Crippen LogP contribution in [0.2, 0.25) is 0 Å². The summed E-state index contributed by atoms with van der Waals surface area (Å²) in [5.74, 6) is 0.909. The molecule has 0 radical (unpaired) electrons. The standard InChI is InChI=1S/C16H27N3O2/c1-3-8-19(13-16(20)18-2)9-5-10-21-15-7-4-6-14(11-15)12-17/h4,6-7,11H,3,5,8-10,12-13,17H2,1-2H3,(H,18,20). The van der Waals surface area contributed by atoms with E-state index in [4.69, 9.17) is 10.5 Å². The van der Waals surface area contributed by atoms with Crippen molar-refractivity contribution < 1.29 is 9.53 Å². The molecule has 0 fully saturated rings. The van der Waals surface area contributed by atoms with Gasteiger partial charge < -0.3 is 15.8 Å². The zero-order valence-corrected chi connectivity index (χ0v) is 13.1. The molecule has 1 aromatic rings. The van der Waals surface area contributed by atoms with Gasteiger partial charge in [0.05, 0.1) is 13.2 Å². The largest absolute Gasteiger partial charge is 0.494 e. The van der Waals surface area contributed by atoms with Crippen molar-refractivity contribution in [3.05, 3.63) is 29.8 Å². The first-order chi connectivity index (χ1) is 10.2. The third kappa shape index (κ3) is 7.11. The minimum atomic E-state index is 0.0556. The van der Waals surface area contributed by atoms with Crippen LogP contribution in [-0.2, 0) is 11.3 Å². The fourth-order valence-corrected chi connectivity index (χ4v) is 2.11. The van der Waals surface area contributed by atoms with Crippen molar-refractivity contribution in [3.8, 4) is 5.75 Å². The Morgan fingerprint density at radius 2 is 2.19 bits per heavy atom. The summed E-state index contributed by atoms with van der Waals surface area (Å²) in [6.07, 6.45) is 1.93. The van der Waals surface area contributed by atoms with Gasteiger partial charge in [-0.2, -0.15) is 0 Å². The smallest absolute Gasteiger partial charge is 0.233 e. The van der Waals surface area contributed by atoms with Gasteiger partial charge in [0, 0.05) is 20.1 Å². The van der Waals surface area contributed by atoms with E-state index in [1.54, 1.807) is 7.05 Å². The van der Waals surface area contributed by atoms with Gasteiger partial charge in [-0.1, -0.05) is 19.1 Å². The van der Waals surface area contributed by atoms with E-state index < -0.39 is 0 Å². The van der Waals surface area contributed by atoms with E-state index in [-0.39, 0.29) is 5.91 Å². The summed E-state index contributed by atoms with van der Waals surface area (Å²) in [6.45, 7) is 5.52. The molecule has 0 bridgehead atoms. The number of nitrogens with zero attached hydrogens (tertiary/aromatic N) is 1. The normalized spacial score (nSPS) is 10.7. The van der Waals surface area contributed by atoms with Crippen LogP contribution in [0.4, 0.5) is 0 Å². The number of rotatable bonds is 10. The Morgan fingerprint density at radius 1 is 1.38 bits per heavy atom. The van der Waals surface area contributed by atoms with E-state index in [2.05, 4.69) is 17.1 Å². The van der Waals surface area contributed by atoms with Gasteiger partial charge in [-0.15, -0.1) is 0 Å². The Labute approximate surface area is 127 Å². The fourth-order valence-electron chi connectivity index (χ4n) is 2.11. The molecule has 0 spiro atoms. The van der Waals surface area contributed by atoms with Crippen LogP contribution < -0.4 is 15.8 Å². The van der Waals surface area contributed by atoms with E-state index in [1.807, 2.05) is 24.3 Å². The average molecular weight is 293 g/mol. The number of ether oxygens (including phenoxy) is 1. The van der Waals surface area contributed by atoms with Crippen molar-refractivity contribution in [3.63, 3.8) is 0 Å². The molecule has 5 nitrogen and oxygen atoms in total. The summed E-state index contributed by atoms with van der Waals surface area (Å²) in [6, 6.07) is 7.84. The average Bonchev–Trinajstić information content (AvgIpc) is 2.51. The molecule has 1 aromatic carbocycles. The van der Waals surface area contributed by atoms with Crippen LogP contribution in [0.1, 0.15) is 25.3 Å². The topological polar surface area (TPSA) is 67.6 Å². The molecule has 0 aliphatic heterocycles. The molecule has 0 saturated carbocycles. The Bertz CT molecular complexity index is 424. The van der Waals surface area contributed by atoms with Gasteiger partial charge in [0.1, 0.15) is 5.75 Å². The number of amides is 1. The van der Waals surface area contributed by atoms with E-state index in [0.29, 0.717) is 19.7 Å². The van der Waals surface area contributed by atoms with Gasteiger partial charge in [-0.25, -0.2) is 0 Å². The van der Waals surface area contributed by atoms with Crippen LogP contribution in [0, 0.1) is 0 Å². The minimum absolute atomic E-state index is 0.0556. The lowest BCUT2D eigenvalue weighted by atomic mass is 10.2. The zero-order valence-electron chi connectivity index (χ0n) is 13.1. The highest BCUT2D eigenvalue weighted by Gasteiger charge is 2.08. The lowest BCUT2D eigenvalue weighted by molar-refractivity contribution is -0.121. The molecule has 0 heterocycles. The van der Waals surface area contributed by atoms with Crippen molar-refractivity contribution in [1.29, 1.82) is 0 Å². The molecule has 0 aliphatic rings. The van der Waals surface area contributed by atoms with Crippen molar-refractivity contribution in [2.75, 3.05) is 33.3 Å². The number of nitrogens with one attached hydrogen (secondary N) is 1. The molecule has 21 heavy (non-hydrogen) atoms. The number of benzene rings is 1. The van der Waals surface area contributed by atoms with Crippen molar-refractivity contribution in [2.24, 2.45) is 5.73 Å². The lowest BCUT2D eigenvalue weighted by Crippen LogP contribution is -2.37. The minimum Gasteiger partial charge on any atom is -0.494 e. The Hall–Kier alpha value is -1.59. The highest BCUT2D eigenvalue weighted by molar-refractivity contribution is 5.77. The first-order valence-electron chi connectivity index (χ1n) is 7.54. The second kappa shape index (κ2) is 10.2. The van der Waals surface area contributed by atoms with Crippen molar-refractivity contribution in [2.45, 2.75) is 26.3 Å². The molecule has 3 N–H and O–H groups in total. The molecule has 0 aliphatic carbocycles. The van der Waals surface area contributed by atoms with Crippen LogP contribution in [0.15, 0.2) is 24.3 Å². The van der Waals surface area contributed by atoms with E-state index in [0.717, 1.165) is 37.2 Å². The van der Waals surface area contributed by atoms with Gasteiger partial charge >= 0.3 is 0 Å². The molecular formula is C16H27N3O2. The second-order valence-corrected chi connectivity index (χ2v) is 5.00. The number of nitrogens with two attached hydrogens (primary N) is 1. The summed E-state index contributed by atoms with van der Waals surface area (Å²) in [4.78, 5) is 13.6. The van der Waals surface area contributed by atoms with Gasteiger partial charge in [-0.05, 0) is 37.1 Å². The molecule has 1 rings (SSSR count). The number of likely N-dealkylation sites (N-methyl/N-ethyl adjacent to an activating group) is 1. The second-order valence-electron chi connectivity index (χ2n) is 5.00. The maximum atomic E-state index is 11.4. The summed E-state index contributed by atoms with van der Waals surface area (Å²) in [7, 11) is 1.67. The van der Waals surface area contributed by atoms with Crippen LogP contribution in [0.3, 0.4) is 0 Å². The number of hydrogen-bond donors (Lipinski definition) is 2. The number of hydrogen-bond acceptors (Lipinski definition) is 4. The monoisotopic (exact) mass is 293 g/mol. The highest BCUT2D eigenvalue weighted by atomic mass is 16.5. The molecule has 5 heteroatoms. The first kappa shape index (κ1) is 17.5. The lowest BCUT2D eigenvalue weighted by Gasteiger charge is -2.20. The number of carbonyl (C=O) groups is 1. The Morgan fingerprint density at radius 3 is 2.86 bits per heavy atom. The third-order valence-corrected chi connectivity index (χ3v) is 3.21. The SMILES string of the molecule is CCCN(CCCOc1cccc(CN)c1)CC(=O)NC. The van der Waals surface area contributed by atoms with Gasteiger partial charge in [0.25, 0.3) is 0 Å². The van der Waals surface area contributed by atoms with Gasteiger partial charge in [0.15, 0.2) is 0 Å². The summed E-state index contributed by atoms with van der Waals surface area (Å²) >= 11 is 0. The van der Waals surface area contributed by atoms with E-state index >= 15 is 0 Å². The van der Waals surface area contributed by atoms with E-state index in [1.165, 1.54) is 0 Å². The molecule has 0 aromatic heterocycles. The molecular weight excluding hydrogens is 266 g/mol. The van der Waals surface area contributed by atoms with E-state index in [9.17, 15) is 4.79 Å². The summed E-state index contributed by atoms with van der Waals surface area (Å²) < 4.78 is 5.73. The van der Waals surface area contributed by atoms with Crippen LogP contribution in [-0.4, -0.2) is 44.1 Å².